The topological polar surface area (TPSA) is 9.23 Å². The van der Waals surface area contributed by atoms with Crippen LogP contribution in [0.4, 0.5) is 0 Å². The van der Waals surface area contributed by atoms with E-state index in [-0.39, 0.29) is 0 Å². The predicted octanol–water partition coefficient (Wildman–Crippen LogP) is 4.92. The van der Waals surface area contributed by atoms with Gasteiger partial charge in [0, 0.05) is 12.1 Å². The molecule has 0 unspecified atom stereocenters. The number of unbranched alkanes of at least 4 members (excludes halogenated alkanes) is 2. The summed E-state index contributed by atoms with van der Waals surface area (Å²) in [5, 5.41) is 0. The highest BCUT2D eigenvalue weighted by Gasteiger charge is 2.30. The second-order valence-electron chi connectivity index (χ2n) is 5.99. The molecule has 17 heavy (non-hydrogen) atoms. The van der Waals surface area contributed by atoms with E-state index >= 15 is 0 Å². The fraction of sp³-hybridized carbons (Fsp3) is 0.733. The van der Waals surface area contributed by atoms with Crippen LogP contribution in [0.1, 0.15) is 39.5 Å². The standard InChI is InChI=1S/C15H28OSi/c1-14(2)10-6-5-9-13-16-17(3,4)15-11-7-8-12-15/h7-8,11-12,14-15H,5-6,9-10,13H2,1-4H3. The summed E-state index contributed by atoms with van der Waals surface area (Å²) in [6, 6.07) is 0. The van der Waals surface area contributed by atoms with Crippen molar-refractivity contribution in [3.63, 3.8) is 0 Å². The highest BCUT2D eigenvalue weighted by atomic mass is 28.4. The number of hydrogen-bond acceptors (Lipinski definition) is 1. The Morgan fingerprint density at radius 1 is 1.06 bits per heavy atom. The second kappa shape index (κ2) is 7.17. The van der Waals surface area contributed by atoms with Crippen molar-refractivity contribution in [3.05, 3.63) is 24.3 Å². The van der Waals surface area contributed by atoms with Crippen LogP contribution in [0.3, 0.4) is 0 Å². The maximum Gasteiger partial charge on any atom is 0.197 e. The lowest BCUT2D eigenvalue weighted by molar-refractivity contribution is 0.291. The first kappa shape index (κ1) is 14.7. The van der Waals surface area contributed by atoms with Crippen molar-refractivity contribution in [2.24, 2.45) is 5.92 Å². The average molecular weight is 252 g/mol. The summed E-state index contributed by atoms with van der Waals surface area (Å²) in [5.74, 6) is 0.843. The SMILES string of the molecule is CC(C)CCCCCO[Si](C)(C)C1C=CC=C1. The van der Waals surface area contributed by atoms with Gasteiger partial charge in [-0.25, -0.2) is 0 Å². The van der Waals surface area contributed by atoms with E-state index in [1.165, 1.54) is 25.7 Å². The van der Waals surface area contributed by atoms with Crippen LogP contribution in [0.25, 0.3) is 0 Å². The fourth-order valence-electron chi connectivity index (χ4n) is 2.16. The molecule has 0 atom stereocenters. The van der Waals surface area contributed by atoms with E-state index in [0.29, 0.717) is 5.54 Å². The van der Waals surface area contributed by atoms with Crippen molar-refractivity contribution in [1.29, 1.82) is 0 Å². The van der Waals surface area contributed by atoms with Crippen LogP contribution in [0.2, 0.25) is 18.6 Å². The largest absolute Gasteiger partial charge is 0.416 e. The molecule has 0 bridgehead atoms. The lowest BCUT2D eigenvalue weighted by Crippen LogP contribution is -2.34. The molecular formula is C15H28OSi. The third-order valence-corrected chi connectivity index (χ3v) is 6.39. The minimum Gasteiger partial charge on any atom is -0.416 e. The Morgan fingerprint density at radius 2 is 1.71 bits per heavy atom. The Kier molecular flexibility index (Phi) is 6.21. The molecule has 0 fully saturated rings. The number of allylic oxidation sites excluding steroid dienone is 4. The van der Waals surface area contributed by atoms with Crippen LogP contribution >= 0.6 is 0 Å². The summed E-state index contributed by atoms with van der Waals surface area (Å²) in [5.41, 5.74) is 0.582. The zero-order valence-electron chi connectivity index (χ0n) is 11.9. The van der Waals surface area contributed by atoms with Crippen molar-refractivity contribution in [3.8, 4) is 0 Å². The Balaban J connectivity index is 2.09. The minimum atomic E-state index is -1.53. The van der Waals surface area contributed by atoms with Gasteiger partial charge < -0.3 is 4.43 Å². The molecule has 98 valence electrons. The van der Waals surface area contributed by atoms with Gasteiger partial charge in [-0.15, -0.1) is 0 Å². The van der Waals surface area contributed by atoms with Gasteiger partial charge in [-0.2, -0.15) is 0 Å². The molecule has 1 aliphatic carbocycles. The van der Waals surface area contributed by atoms with Crippen LogP contribution < -0.4 is 0 Å². The molecule has 1 nitrogen and oxygen atoms in total. The minimum absolute atomic E-state index is 0.582. The van der Waals surface area contributed by atoms with Crippen molar-refractivity contribution < 1.29 is 4.43 Å². The van der Waals surface area contributed by atoms with Crippen LogP contribution in [-0.4, -0.2) is 14.9 Å². The maximum atomic E-state index is 6.16. The molecule has 1 rings (SSSR count). The van der Waals surface area contributed by atoms with Crippen LogP contribution in [-0.2, 0) is 4.43 Å². The van der Waals surface area contributed by atoms with Crippen LogP contribution in [0.15, 0.2) is 24.3 Å². The third kappa shape index (κ3) is 5.69. The van der Waals surface area contributed by atoms with Gasteiger partial charge in [0.1, 0.15) is 0 Å². The smallest absolute Gasteiger partial charge is 0.197 e. The van der Waals surface area contributed by atoms with Gasteiger partial charge in [0.05, 0.1) is 0 Å². The van der Waals surface area contributed by atoms with E-state index < -0.39 is 8.32 Å². The first-order valence-corrected chi connectivity index (χ1v) is 10.00. The lowest BCUT2D eigenvalue weighted by atomic mass is 10.1. The van der Waals surface area contributed by atoms with Gasteiger partial charge in [-0.05, 0) is 25.4 Å². The van der Waals surface area contributed by atoms with Crippen molar-refractivity contribution >= 4 is 8.32 Å². The predicted molar refractivity (Wildman–Crippen MR) is 78.8 cm³/mol. The summed E-state index contributed by atoms with van der Waals surface area (Å²) in [7, 11) is -1.53. The lowest BCUT2D eigenvalue weighted by Gasteiger charge is -2.27. The van der Waals surface area contributed by atoms with Gasteiger partial charge in [-0.1, -0.05) is 57.4 Å². The molecule has 0 N–H and O–H groups in total. The average Bonchev–Trinajstić information content (AvgIpc) is 2.76. The molecule has 0 saturated heterocycles. The van der Waals surface area contributed by atoms with Gasteiger partial charge in [0.25, 0.3) is 0 Å². The molecule has 0 aromatic rings. The molecule has 0 heterocycles. The Morgan fingerprint density at radius 3 is 2.29 bits per heavy atom. The molecule has 2 heteroatoms. The van der Waals surface area contributed by atoms with E-state index in [9.17, 15) is 0 Å². The molecule has 1 aliphatic rings. The van der Waals surface area contributed by atoms with Crippen molar-refractivity contribution in [1.82, 2.24) is 0 Å². The normalized spacial score (nSPS) is 16.3. The summed E-state index contributed by atoms with van der Waals surface area (Å²) < 4.78 is 6.16. The number of hydrogen-bond donors (Lipinski definition) is 0. The van der Waals surface area contributed by atoms with Gasteiger partial charge in [-0.3, -0.25) is 0 Å². The molecule has 0 amide bonds. The van der Waals surface area contributed by atoms with E-state index in [2.05, 4.69) is 51.2 Å². The maximum absolute atomic E-state index is 6.16. The van der Waals surface area contributed by atoms with Gasteiger partial charge in [0.15, 0.2) is 8.32 Å². The van der Waals surface area contributed by atoms with Crippen molar-refractivity contribution in [2.45, 2.75) is 58.2 Å². The summed E-state index contributed by atoms with van der Waals surface area (Å²) >= 11 is 0. The molecule has 0 aliphatic heterocycles. The summed E-state index contributed by atoms with van der Waals surface area (Å²) in [6.45, 7) is 10.2. The van der Waals surface area contributed by atoms with Gasteiger partial charge >= 0.3 is 0 Å². The molecule has 0 radical (unpaired) electrons. The molecule has 0 aromatic carbocycles. The van der Waals surface area contributed by atoms with Gasteiger partial charge in [0.2, 0.25) is 0 Å². The Bertz CT molecular complexity index is 254. The van der Waals surface area contributed by atoms with E-state index in [1.54, 1.807) is 0 Å². The molecule has 0 aromatic heterocycles. The first-order chi connectivity index (χ1) is 8.02. The highest BCUT2D eigenvalue weighted by Crippen LogP contribution is 2.29. The first-order valence-electron chi connectivity index (χ1n) is 7.01. The molecule has 0 saturated carbocycles. The van der Waals surface area contributed by atoms with Crippen LogP contribution in [0, 0.1) is 5.92 Å². The second-order valence-corrected chi connectivity index (χ2v) is 10.2. The zero-order chi connectivity index (χ0) is 12.7. The van der Waals surface area contributed by atoms with E-state index in [1.807, 2.05) is 0 Å². The zero-order valence-corrected chi connectivity index (χ0v) is 12.9. The van der Waals surface area contributed by atoms with E-state index in [0.717, 1.165) is 12.5 Å². The molecular weight excluding hydrogens is 224 g/mol. The molecule has 0 spiro atoms. The fourth-order valence-corrected chi connectivity index (χ4v) is 4.17. The summed E-state index contributed by atoms with van der Waals surface area (Å²) in [6.07, 6.45) is 14.1. The Hall–Kier alpha value is -0.343. The monoisotopic (exact) mass is 252 g/mol. The Labute approximate surface area is 108 Å². The number of rotatable bonds is 8. The highest BCUT2D eigenvalue weighted by molar-refractivity contribution is 6.73. The van der Waals surface area contributed by atoms with E-state index in [4.69, 9.17) is 4.43 Å². The van der Waals surface area contributed by atoms with Crippen LogP contribution in [0.5, 0.6) is 0 Å². The quantitative estimate of drug-likeness (QED) is 0.440. The summed E-state index contributed by atoms with van der Waals surface area (Å²) in [4.78, 5) is 0. The van der Waals surface area contributed by atoms with Crippen molar-refractivity contribution in [2.75, 3.05) is 6.61 Å². The third-order valence-electron chi connectivity index (χ3n) is 3.45.